The molecule has 3 aliphatic rings. The molecule has 1 fully saturated rings. The zero-order valence-electron chi connectivity index (χ0n) is 31.8. The van der Waals surface area contributed by atoms with Crippen molar-refractivity contribution in [2.75, 3.05) is 25.7 Å². The maximum atomic E-state index is 4.92. The van der Waals surface area contributed by atoms with Crippen LogP contribution in [-0.4, -0.2) is 30.3 Å². The molecule has 6 aromatic rings. The Morgan fingerprint density at radius 3 is 2.00 bits per heavy atom. The summed E-state index contributed by atoms with van der Waals surface area (Å²) < 4.78 is 3.99. The van der Waals surface area contributed by atoms with Crippen LogP contribution in [0.5, 0.6) is 0 Å². The fourth-order valence-electron chi connectivity index (χ4n) is 8.20. The molecule has 0 unspecified atom stereocenters. The van der Waals surface area contributed by atoms with E-state index in [4.69, 9.17) is 4.98 Å². The third-order valence-electron chi connectivity index (χ3n) is 11.3. The average molecular weight is 663 g/mol. The van der Waals surface area contributed by atoms with Crippen molar-refractivity contribution in [2.24, 2.45) is 0 Å². The average Bonchev–Trinajstić information content (AvgIpc) is 3.61. The lowest BCUT2D eigenvalue weighted by molar-refractivity contribution is 0.157. The first-order valence-corrected chi connectivity index (χ1v) is 18.0. The minimum atomic E-state index is -0.00822. The quantitative estimate of drug-likeness (QED) is 0.138. The summed E-state index contributed by atoms with van der Waals surface area (Å²) >= 11 is 0. The van der Waals surface area contributed by atoms with Crippen LogP contribution in [0.4, 0.5) is 28.4 Å². The number of fused-ring (bicyclic) bond motifs is 3. The SMILES string of the molecule is CN(c1cc(C(C)(C)C)cc([N@@+]23[CH-][N@@+](C)(C2)c2cc(C(C)(C)C)ccc23)c1)c1ccc2c3ccccc3n(-c3cc(C(C)(C)C)ccn3)c2c1. The van der Waals surface area contributed by atoms with Gasteiger partial charge in [0.05, 0.1) is 24.7 Å². The van der Waals surface area contributed by atoms with Crippen LogP contribution in [0, 0.1) is 6.67 Å². The first-order valence-electron chi connectivity index (χ1n) is 18.0. The first-order chi connectivity index (χ1) is 23.4. The summed E-state index contributed by atoms with van der Waals surface area (Å²) in [6.45, 7) is 24.2. The van der Waals surface area contributed by atoms with Gasteiger partial charge in [-0.15, -0.1) is 0 Å². The predicted octanol–water partition coefficient (Wildman–Crippen LogP) is 11.5. The molecule has 50 heavy (non-hydrogen) atoms. The molecule has 256 valence electrons. The molecular formula is C45H52N5+. The van der Waals surface area contributed by atoms with Gasteiger partial charge in [-0.1, -0.05) is 92.6 Å². The van der Waals surface area contributed by atoms with Crippen LogP contribution >= 0.6 is 0 Å². The maximum absolute atomic E-state index is 4.92. The number of quaternary nitrogens is 2. The van der Waals surface area contributed by atoms with Crippen LogP contribution in [0.25, 0.3) is 27.6 Å². The molecule has 9 rings (SSSR count). The van der Waals surface area contributed by atoms with Crippen molar-refractivity contribution in [3.63, 3.8) is 0 Å². The molecule has 0 saturated carbocycles. The number of anilines is 2. The molecule has 5 heterocycles. The van der Waals surface area contributed by atoms with E-state index in [1.54, 1.807) is 0 Å². The molecule has 3 aliphatic heterocycles. The van der Waals surface area contributed by atoms with Crippen molar-refractivity contribution < 1.29 is 0 Å². The van der Waals surface area contributed by atoms with Gasteiger partial charge in [0.15, 0.2) is 18.0 Å². The third kappa shape index (κ3) is 4.92. The largest absolute Gasteiger partial charge is 0.344 e. The van der Waals surface area contributed by atoms with Crippen LogP contribution < -0.4 is 13.9 Å². The highest BCUT2D eigenvalue weighted by Gasteiger charge is 2.59. The molecule has 4 aromatic carbocycles. The molecule has 5 nitrogen and oxygen atoms in total. The number of aromatic nitrogens is 2. The monoisotopic (exact) mass is 662 g/mol. The van der Waals surface area contributed by atoms with Gasteiger partial charge in [0.2, 0.25) is 0 Å². The van der Waals surface area contributed by atoms with Gasteiger partial charge in [-0.05, 0) is 69.3 Å². The molecule has 0 amide bonds. The second-order valence-electron chi connectivity index (χ2n) is 18.1. The van der Waals surface area contributed by atoms with E-state index in [0.717, 1.165) is 32.7 Å². The number of pyridine rings is 1. The highest BCUT2D eigenvalue weighted by molar-refractivity contribution is 6.10. The summed E-state index contributed by atoms with van der Waals surface area (Å²) in [6.07, 6.45) is 1.95. The summed E-state index contributed by atoms with van der Waals surface area (Å²) in [5.74, 6) is 0.952. The number of para-hydroxylation sites is 1. The number of rotatable bonds is 4. The topological polar surface area (TPSA) is 21.1 Å². The van der Waals surface area contributed by atoms with Crippen LogP contribution in [0.3, 0.4) is 0 Å². The van der Waals surface area contributed by atoms with E-state index < -0.39 is 0 Å². The third-order valence-corrected chi connectivity index (χ3v) is 11.3. The normalized spacial score (nSPS) is 20.3. The molecule has 1 saturated heterocycles. The lowest BCUT2D eigenvalue weighted by atomic mass is 9.86. The number of hydrogen-bond acceptors (Lipinski definition) is 2. The van der Waals surface area contributed by atoms with E-state index in [2.05, 4.69) is 184 Å². The summed E-state index contributed by atoms with van der Waals surface area (Å²) in [5.41, 5.74) is 13.0. The predicted molar refractivity (Wildman–Crippen MR) is 214 cm³/mol. The summed E-state index contributed by atoms with van der Waals surface area (Å²) in [7, 11) is 4.57. The van der Waals surface area contributed by atoms with Crippen molar-refractivity contribution >= 4 is 50.2 Å². The molecular weight excluding hydrogens is 611 g/mol. The Balaban J connectivity index is 1.27. The van der Waals surface area contributed by atoms with Crippen LogP contribution in [0.2, 0.25) is 0 Å². The smallest absolute Gasteiger partial charge is 0.181 e. The van der Waals surface area contributed by atoms with Gasteiger partial charge in [-0.2, -0.15) is 0 Å². The van der Waals surface area contributed by atoms with Gasteiger partial charge in [0.25, 0.3) is 0 Å². The van der Waals surface area contributed by atoms with Crippen LogP contribution in [0.1, 0.15) is 79.0 Å². The fourth-order valence-corrected chi connectivity index (χ4v) is 8.20. The van der Waals surface area contributed by atoms with E-state index in [9.17, 15) is 0 Å². The Morgan fingerprint density at radius 2 is 1.30 bits per heavy atom. The lowest BCUT2D eigenvalue weighted by Crippen LogP contribution is -2.68. The van der Waals surface area contributed by atoms with Crippen molar-refractivity contribution in [1.29, 1.82) is 0 Å². The molecule has 0 radical (unpaired) electrons. The van der Waals surface area contributed by atoms with E-state index in [1.807, 2.05) is 6.20 Å². The molecule has 2 atom stereocenters. The van der Waals surface area contributed by atoms with Gasteiger partial charge in [0.1, 0.15) is 11.5 Å². The first kappa shape index (κ1) is 32.7. The van der Waals surface area contributed by atoms with Gasteiger partial charge < -0.3 is 9.38 Å². The summed E-state index contributed by atoms with van der Waals surface area (Å²) in [5, 5.41) is 2.48. The Morgan fingerprint density at radius 1 is 0.640 bits per heavy atom. The van der Waals surface area contributed by atoms with Crippen molar-refractivity contribution in [2.45, 2.75) is 78.6 Å². The van der Waals surface area contributed by atoms with Gasteiger partial charge in [0, 0.05) is 59.7 Å². The fraction of sp³-hybridized carbons (Fsp3) is 0.333. The second kappa shape index (κ2) is 10.5. The second-order valence-corrected chi connectivity index (χ2v) is 18.1. The highest BCUT2D eigenvalue weighted by atomic mass is 15.7. The van der Waals surface area contributed by atoms with Crippen molar-refractivity contribution in [1.82, 2.24) is 18.5 Å². The maximum Gasteiger partial charge on any atom is 0.181 e. The Hall–Kier alpha value is -4.45. The number of nitrogens with zero attached hydrogens (tertiary/aromatic N) is 5. The van der Waals surface area contributed by atoms with E-state index in [1.165, 1.54) is 55.7 Å². The van der Waals surface area contributed by atoms with Crippen LogP contribution in [-0.2, 0) is 16.2 Å². The lowest BCUT2D eigenvalue weighted by Gasteiger charge is -2.55. The molecule has 2 aromatic heterocycles. The Kier molecular flexibility index (Phi) is 6.90. The molecule has 0 spiro atoms. The molecule has 2 bridgehead atoms. The molecule has 0 aliphatic carbocycles. The van der Waals surface area contributed by atoms with Crippen LogP contribution in [0.15, 0.2) is 97.2 Å². The van der Waals surface area contributed by atoms with Crippen molar-refractivity contribution in [3.05, 3.63) is 121 Å². The number of hydrogen-bond donors (Lipinski definition) is 0. The van der Waals surface area contributed by atoms with Crippen molar-refractivity contribution in [3.8, 4) is 5.82 Å². The van der Waals surface area contributed by atoms with Gasteiger partial charge in [-0.3, -0.25) is 9.05 Å². The summed E-state index contributed by atoms with van der Waals surface area (Å²) in [4.78, 5) is 7.29. The van der Waals surface area contributed by atoms with Gasteiger partial charge >= 0.3 is 0 Å². The van der Waals surface area contributed by atoms with E-state index in [0.29, 0.717) is 0 Å². The Labute approximate surface area is 298 Å². The summed E-state index contributed by atoms with van der Waals surface area (Å²) in [6, 6.07) is 34.5. The zero-order valence-corrected chi connectivity index (χ0v) is 31.8. The highest BCUT2D eigenvalue weighted by Crippen LogP contribution is 2.61. The molecule has 0 N–H and O–H groups in total. The standard InChI is InChI=1S/C45H52N5/c1-43(2,3)30-16-19-40-41(24-30)49(11)28-50(40,29-49)35-23-32(45(7,8)9)22-34(26-35)47(10)33-17-18-37-36-14-12-13-15-38(36)48(39(37)27-33)42-25-31(20-21-46-42)44(4,5)6/h12-28H,29H2,1-11H3/q+1/t49-,50+/m0/s1. The Bertz CT molecular complexity index is 2320. The zero-order chi connectivity index (χ0) is 35.6. The minimum absolute atomic E-state index is 0.00822. The van der Waals surface area contributed by atoms with Gasteiger partial charge in [-0.25, -0.2) is 4.98 Å². The van der Waals surface area contributed by atoms with E-state index >= 15 is 0 Å². The molecule has 5 heteroatoms. The number of benzene rings is 4. The minimum Gasteiger partial charge on any atom is -0.344 e. The van der Waals surface area contributed by atoms with E-state index in [-0.39, 0.29) is 16.2 Å².